The van der Waals surface area contributed by atoms with Gasteiger partial charge >= 0.3 is 12.0 Å². The molecule has 2 N–H and O–H groups in total. The Balaban J connectivity index is 1.78. The molecule has 2 bridgehead atoms. The number of carboxylic acid groups (broad SMARTS) is 1. The molecule has 19 heavy (non-hydrogen) atoms. The fourth-order valence-electron chi connectivity index (χ4n) is 3.50. The van der Waals surface area contributed by atoms with Crippen LogP contribution < -0.4 is 5.32 Å². The highest BCUT2D eigenvalue weighted by Gasteiger charge is 2.39. The second kappa shape index (κ2) is 6.08. The van der Waals surface area contributed by atoms with Crippen LogP contribution in [0.15, 0.2) is 12.7 Å². The average Bonchev–Trinajstić information content (AvgIpc) is 2.97. The summed E-state index contributed by atoms with van der Waals surface area (Å²) in [5.74, 6) is 1.20. The van der Waals surface area contributed by atoms with Gasteiger partial charge in [0.15, 0.2) is 0 Å². The minimum absolute atomic E-state index is 0.259. The van der Waals surface area contributed by atoms with Crippen molar-refractivity contribution < 1.29 is 14.7 Å². The number of nitrogens with zero attached hydrogens (tertiary/aromatic N) is 1. The van der Waals surface area contributed by atoms with Gasteiger partial charge in [0.05, 0.1) is 0 Å². The maximum absolute atomic E-state index is 11.9. The molecule has 2 rings (SSSR count). The third kappa shape index (κ3) is 3.49. The van der Waals surface area contributed by atoms with Crippen molar-refractivity contribution in [3.63, 3.8) is 0 Å². The number of carboxylic acids is 1. The molecular weight excluding hydrogens is 244 g/mol. The zero-order valence-electron chi connectivity index (χ0n) is 11.2. The van der Waals surface area contributed by atoms with Crippen LogP contribution >= 0.6 is 0 Å². The summed E-state index contributed by atoms with van der Waals surface area (Å²) in [5.41, 5.74) is 0. The van der Waals surface area contributed by atoms with Gasteiger partial charge in [0.2, 0.25) is 0 Å². The lowest BCUT2D eigenvalue weighted by molar-refractivity contribution is -0.137. The first-order valence-corrected chi connectivity index (χ1v) is 6.95. The molecule has 2 aliphatic carbocycles. The van der Waals surface area contributed by atoms with Crippen molar-refractivity contribution in [2.75, 3.05) is 19.6 Å². The molecule has 0 aromatic carbocycles. The van der Waals surface area contributed by atoms with Gasteiger partial charge in [-0.3, -0.25) is 4.79 Å². The van der Waals surface area contributed by atoms with E-state index >= 15 is 0 Å². The largest absolute Gasteiger partial charge is 0.480 e. The predicted octanol–water partition coefficient (Wildman–Crippen LogP) is 1.70. The Morgan fingerprint density at radius 3 is 2.68 bits per heavy atom. The van der Waals surface area contributed by atoms with Gasteiger partial charge in [0, 0.05) is 13.1 Å². The number of carbonyl (C=O) groups excluding carboxylic acids is 1. The van der Waals surface area contributed by atoms with Crippen LogP contribution in [0.5, 0.6) is 0 Å². The maximum Gasteiger partial charge on any atom is 0.323 e. The number of carbonyl (C=O) groups is 2. The van der Waals surface area contributed by atoms with Crippen molar-refractivity contribution in [1.82, 2.24) is 10.2 Å². The molecule has 2 saturated carbocycles. The van der Waals surface area contributed by atoms with E-state index in [2.05, 4.69) is 11.9 Å². The SMILES string of the molecule is C=CCN(CC(=O)O)C(=O)NCC1CC2CCC1C2. The van der Waals surface area contributed by atoms with E-state index in [1.807, 2.05) is 0 Å². The number of rotatable bonds is 6. The summed E-state index contributed by atoms with van der Waals surface area (Å²) < 4.78 is 0. The molecule has 2 amide bonds. The first-order valence-electron chi connectivity index (χ1n) is 6.95. The minimum atomic E-state index is -1.00. The Bertz CT molecular complexity index is 370. The van der Waals surface area contributed by atoms with Gasteiger partial charge in [-0.25, -0.2) is 4.79 Å². The number of amides is 2. The zero-order chi connectivity index (χ0) is 13.8. The fraction of sp³-hybridized carbons (Fsp3) is 0.714. The first kappa shape index (κ1) is 13.9. The summed E-state index contributed by atoms with van der Waals surface area (Å²) in [6, 6.07) is -0.301. The van der Waals surface area contributed by atoms with Crippen LogP contribution in [0.1, 0.15) is 25.7 Å². The smallest absolute Gasteiger partial charge is 0.323 e. The van der Waals surface area contributed by atoms with Gasteiger partial charge < -0.3 is 15.3 Å². The van der Waals surface area contributed by atoms with Crippen molar-refractivity contribution in [2.45, 2.75) is 25.7 Å². The van der Waals surface area contributed by atoms with Crippen LogP contribution in [-0.4, -0.2) is 41.6 Å². The standard InChI is InChI=1S/C14H22N2O3/c1-2-5-16(9-13(17)18)14(19)15-8-12-7-10-3-4-11(12)6-10/h2,10-12H,1,3-9H2,(H,15,19)(H,17,18). The average molecular weight is 266 g/mol. The topological polar surface area (TPSA) is 69.6 Å². The van der Waals surface area contributed by atoms with E-state index in [0.717, 1.165) is 11.8 Å². The molecule has 0 aromatic rings. The Hall–Kier alpha value is -1.52. The highest BCUT2D eigenvalue weighted by Crippen LogP contribution is 2.47. The molecule has 0 aromatic heterocycles. The van der Waals surface area contributed by atoms with Crippen molar-refractivity contribution in [3.8, 4) is 0 Å². The summed E-state index contributed by atoms with van der Waals surface area (Å²) in [5, 5.41) is 11.6. The number of aliphatic carboxylic acids is 1. The predicted molar refractivity (Wildman–Crippen MR) is 71.7 cm³/mol. The van der Waals surface area contributed by atoms with Crippen LogP contribution in [-0.2, 0) is 4.79 Å². The maximum atomic E-state index is 11.9. The molecule has 0 saturated heterocycles. The Labute approximate surface area is 113 Å². The second-order valence-corrected chi connectivity index (χ2v) is 5.68. The van der Waals surface area contributed by atoms with Gasteiger partial charge in [0.25, 0.3) is 0 Å². The Kier molecular flexibility index (Phi) is 4.45. The quantitative estimate of drug-likeness (QED) is 0.719. The molecule has 3 unspecified atom stereocenters. The van der Waals surface area contributed by atoms with Crippen LogP contribution in [0.3, 0.4) is 0 Å². The molecule has 2 aliphatic rings. The fourth-order valence-corrected chi connectivity index (χ4v) is 3.50. The minimum Gasteiger partial charge on any atom is -0.480 e. The molecule has 0 aliphatic heterocycles. The second-order valence-electron chi connectivity index (χ2n) is 5.68. The lowest BCUT2D eigenvalue weighted by atomic mass is 9.89. The molecule has 2 fully saturated rings. The van der Waals surface area contributed by atoms with E-state index in [0.29, 0.717) is 12.5 Å². The summed E-state index contributed by atoms with van der Waals surface area (Å²) in [6.45, 7) is 4.19. The van der Waals surface area contributed by atoms with Gasteiger partial charge in [-0.1, -0.05) is 12.5 Å². The van der Waals surface area contributed by atoms with Crippen LogP contribution in [0.2, 0.25) is 0 Å². The third-order valence-corrected chi connectivity index (χ3v) is 4.36. The molecule has 106 valence electrons. The van der Waals surface area contributed by atoms with E-state index in [4.69, 9.17) is 5.11 Å². The molecule has 0 heterocycles. The Morgan fingerprint density at radius 2 is 2.16 bits per heavy atom. The lowest BCUT2D eigenvalue weighted by Crippen LogP contribution is -2.44. The van der Waals surface area contributed by atoms with E-state index in [-0.39, 0.29) is 19.1 Å². The van der Waals surface area contributed by atoms with Crippen LogP contribution in [0, 0.1) is 17.8 Å². The number of hydrogen-bond donors (Lipinski definition) is 2. The van der Waals surface area contributed by atoms with Crippen molar-refractivity contribution >= 4 is 12.0 Å². The summed E-state index contributed by atoms with van der Waals surface area (Å²) >= 11 is 0. The number of fused-ring (bicyclic) bond motifs is 2. The Morgan fingerprint density at radius 1 is 1.37 bits per heavy atom. The van der Waals surface area contributed by atoms with Gasteiger partial charge in [0.1, 0.15) is 6.54 Å². The highest BCUT2D eigenvalue weighted by atomic mass is 16.4. The van der Waals surface area contributed by atoms with Crippen molar-refractivity contribution in [3.05, 3.63) is 12.7 Å². The van der Waals surface area contributed by atoms with Gasteiger partial charge in [-0.2, -0.15) is 0 Å². The van der Waals surface area contributed by atoms with Crippen molar-refractivity contribution in [2.24, 2.45) is 17.8 Å². The van der Waals surface area contributed by atoms with E-state index in [1.165, 1.54) is 30.6 Å². The van der Waals surface area contributed by atoms with Gasteiger partial charge in [-0.05, 0) is 37.0 Å². The van der Waals surface area contributed by atoms with Crippen LogP contribution in [0.4, 0.5) is 4.79 Å². The summed E-state index contributed by atoms with van der Waals surface area (Å²) in [4.78, 5) is 23.9. The number of urea groups is 1. The summed E-state index contributed by atoms with van der Waals surface area (Å²) in [7, 11) is 0. The third-order valence-electron chi connectivity index (χ3n) is 4.36. The molecule has 3 atom stereocenters. The molecule has 5 heteroatoms. The van der Waals surface area contributed by atoms with E-state index in [9.17, 15) is 9.59 Å². The number of nitrogens with one attached hydrogen (secondary N) is 1. The monoisotopic (exact) mass is 266 g/mol. The highest BCUT2D eigenvalue weighted by molar-refractivity contribution is 5.80. The normalized spacial score (nSPS) is 28.1. The number of hydrogen-bond acceptors (Lipinski definition) is 2. The molecule has 0 spiro atoms. The van der Waals surface area contributed by atoms with Crippen LogP contribution in [0.25, 0.3) is 0 Å². The molecular formula is C14H22N2O3. The zero-order valence-corrected chi connectivity index (χ0v) is 11.2. The van der Waals surface area contributed by atoms with E-state index in [1.54, 1.807) is 6.08 Å². The van der Waals surface area contributed by atoms with Crippen molar-refractivity contribution in [1.29, 1.82) is 0 Å². The lowest BCUT2D eigenvalue weighted by Gasteiger charge is -2.24. The first-order chi connectivity index (χ1) is 9.10. The molecule has 0 radical (unpaired) electrons. The van der Waals surface area contributed by atoms with Gasteiger partial charge in [-0.15, -0.1) is 6.58 Å². The molecule has 5 nitrogen and oxygen atoms in total. The summed E-state index contributed by atoms with van der Waals surface area (Å²) in [6.07, 6.45) is 6.70. The van der Waals surface area contributed by atoms with E-state index < -0.39 is 5.97 Å².